The highest BCUT2D eigenvalue weighted by Crippen LogP contribution is 2.20. The minimum Gasteiger partial charge on any atom is -0.493 e. The number of hydrogen-bond donors (Lipinski definition) is 1. The molecule has 1 N–H and O–H groups in total. The first-order chi connectivity index (χ1) is 9.15. The number of aromatic carboxylic acids is 1. The predicted octanol–water partition coefficient (Wildman–Crippen LogP) is 2.13. The second-order valence-electron chi connectivity index (χ2n) is 4.11. The van der Waals surface area contributed by atoms with E-state index in [9.17, 15) is 4.79 Å². The molecule has 0 amide bonds. The van der Waals surface area contributed by atoms with Crippen LogP contribution >= 0.6 is 0 Å². The zero-order valence-electron chi connectivity index (χ0n) is 11.3. The van der Waals surface area contributed by atoms with Gasteiger partial charge in [0.25, 0.3) is 0 Å². The van der Waals surface area contributed by atoms with Gasteiger partial charge in [0.15, 0.2) is 0 Å². The summed E-state index contributed by atoms with van der Waals surface area (Å²) in [4.78, 5) is 11.0. The molecule has 0 aliphatic rings. The van der Waals surface area contributed by atoms with Gasteiger partial charge < -0.3 is 19.3 Å². The minimum absolute atomic E-state index is 0.186. The largest absolute Gasteiger partial charge is 0.493 e. The van der Waals surface area contributed by atoms with Gasteiger partial charge in [-0.05, 0) is 24.6 Å². The van der Waals surface area contributed by atoms with Crippen LogP contribution in [0.25, 0.3) is 0 Å². The molecule has 1 aromatic carbocycles. The molecule has 0 aliphatic carbocycles. The van der Waals surface area contributed by atoms with Gasteiger partial charge in [-0.25, -0.2) is 4.79 Å². The summed E-state index contributed by atoms with van der Waals surface area (Å²) in [6.07, 6.45) is 0.705. The number of benzene rings is 1. The zero-order chi connectivity index (χ0) is 14.1. The van der Waals surface area contributed by atoms with E-state index < -0.39 is 5.97 Å². The molecule has 0 saturated carbocycles. The highest BCUT2D eigenvalue weighted by molar-refractivity contribution is 5.90. The number of carbonyl (C=O) groups is 1. The molecule has 19 heavy (non-hydrogen) atoms. The van der Waals surface area contributed by atoms with E-state index in [1.165, 1.54) is 0 Å². The fraction of sp³-hybridized carbons (Fsp3) is 0.500. The molecule has 0 spiro atoms. The second kappa shape index (κ2) is 8.50. The van der Waals surface area contributed by atoms with Crippen molar-refractivity contribution in [1.82, 2.24) is 0 Å². The molecule has 106 valence electrons. The van der Waals surface area contributed by atoms with Crippen molar-refractivity contribution in [2.24, 2.45) is 0 Å². The van der Waals surface area contributed by atoms with E-state index in [0.29, 0.717) is 38.6 Å². The Kier molecular flexibility index (Phi) is 6.92. The van der Waals surface area contributed by atoms with Crippen LogP contribution < -0.4 is 4.74 Å². The van der Waals surface area contributed by atoms with Crippen molar-refractivity contribution < 1.29 is 24.1 Å². The monoisotopic (exact) mass is 268 g/mol. The van der Waals surface area contributed by atoms with E-state index in [0.717, 1.165) is 5.56 Å². The Hall–Kier alpha value is -1.59. The van der Waals surface area contributed by atoms with E-state index >= 15 is 0 Å². The maximum atomic E-state index is 11.0. The average Bonchev–Trinajstić information content (AvgIpc) is 2.37. The van der Waals surface area contributed by atoms with Gasteiger partial charge in [0.05, 0.1) is 19.8 Å². The average molecular weight is 268 g/mol. The van der Waals surface area contributed by atoms with E-state index in [2.05, 4.69) is 0 Å². The zero-order valence-corrected chi connectivity index (χ0v) is 11.3. The van der Waals surface area contributed by atoms with Gasteiger partial charge in [-0.15, -0.1) is 0 Å². The smallest absolute Gasteiger partial charge is 0.339 e. The molecule has 0 unspecified atom stereocenters. The molecule has 0 heterocycles. The Morgan fingerprint density at radius 2 is 2.00 bits per heavy atom. The van der Waals surface area contributed by atoms with Gasteiger partial charge in [0.1, 0.15) is 11.3 Å². The van der Waals surface area contributed by atoms with Crippen LogP contribution in [-0.4, -0.2) is 44.6 Å². The molecular weight excluding hydrogens is 248 g/mol. The van der Waals surface area contributed by atoms with Gasteiger partial charge in [0.2, 0.25) is 0 Å². The van der Waals surface area contributed by atoms with Crippen LogP contribution in [0.2, 0.25) is 0 Å². The highest BCUT2D eigenvalue weighted by Gasteiger charge is 2.10. The lowest BCUT2D eigenvalue weighted by molar-refractivity contribution is 0.0637. The molecule has 0 bridgehead atoms. The lowest BCUT2D eigenvalue weighted by Gasteiger charge is -2.10. The lowest BCUT2D eigenvalue weighted by Crippen LogP contribution is -2.08. The van der Waals surface area contributed by atoms with Gasteiger partial charge in [0, 0.05) is 20.1 Å². The predicted molar refractivity (Wildman–Crippen MR) is 70.9 cm³/mol. The summed E-state index contributed by atoms with van der Waals surface area (Å²) < 4.78 is 15.6. The van der Waals surface area contributed by atoms with Crippen LogP contribution in [0.5, 0.6) is 5.75 Å². The third kappa shape index (κ3) is 5.72. The molecule has 0 aromatic heterocycles. The molecule has 5 nitrogen and oxygen atoms in total. The number of methoxy groups -OCH3 is 1. The number of carboxylic acid groups (broad SMARTS) is 1. The van der Waals surface area contributed by atoms with Crippen LogP contribution in [0.15, 0.2) is 18.2 Å². The SMILES string of the molecule is COCCOCCCOc1cc(C)ccc1C(=O)O. The van der Waals surface area contributed by atoms with Crippen LogP contribution in [0.1, 0.15) is 22.3 Å². The number of carboxylic acids is 1. The third-order valence-corrected chi connectivity index (χ3v) is 2.49. The Balaban J connectivity index is 2.36. The Bertz CT molecular complexity index is 403. The van der Waals surface area contributed by atoms with Crippen molar-refractivity contribution in [3.8, 4) is 5.75 Å². The molecular formula is C14H20O5. The van der Waals surface area contributed by atoms with Crippen molar-refractivity contribution in [1.29, 1.82) is 0 Å². The summed E-state index contributed by atoms with van der Waals surface area (Å²) in [7, 11) is 1.62. The molecule has 0 saturated heterocycles. The Morgan fingerprint density at radius 1 is 1.21 bits per heavy atom. The summed E-state index contributed by atoms with van der Waals surface area (Å²) in [6, 6.07) is 5.04. The molecule has 1 rings (SSSR count). The number of aryl methyl sites for hydroxylation is 1. The summed E-state index contributed by atoms with van der Waals surface area (Å²) in [5.74, 6) is -0.573. The first-order valence-corrected chi connectivity index (χ1v) is 6.18. The lowest BCUT2D eigenvalue weighted by atomic mass is 10.1. The molecule has 0 aliphatic heterocycles. The Labute approximate surface area is 113 Å². The van der Waals surface area contributed by atoms with Crippen molar-refractivity contribution in [2.45, 2.75) is 13.3 Å². The van der Waals surface area contributed by atoms with E-state index in [1.807, 2.05) is 6.92 Å². The minimum atomic E-state index is -0.980. The fourth-order valence-corrected chi connectivity index (χ4v) is 1.51. The van der Waals surface area contributed by atoms with Crippen molar-refractivity contribution in [3.05, 3.63) is 29.3 Å². The van der Waals surface area contributed by atoms with E-state index in [-0.39, 0.29) is 5.56 Å². The maximum Gasteiger partial charge on any atom is 0.339 e. The van der Waals surface area contributed by atoms with Gasteiger partial charge in [-0.3, -0.25) is 0 Å². The van der Waals surface area contributed by atoms with E-state index in [4.69, 9.17) is 19.3 Å². The summed E-state index contributed by atoms with van der Waals surface area (Å²) in [5, 5.41) is 9.04. The quantitative estimate of drug-likeness (QED) is 0.695. The first kappa shape index (κ1) is 15.5. The van der Waals surface area contributed by atoms with Crippen molar-refractivity contribution in [3.63, 3.8) is 0 Å². The maximum absolute atomic E-state index is 11.0. The molecule has 0 fully saturated rings. The van der Waals surface area contributed by atoms with Crippen LogP contribution in [-0.2, 0) is 9.47 Å². The highest BCUT2D eigenvalue weighted by atomic mass is 16.5. The summed E-state index contributed by atoms with van der Waals surface area (Å²) in [6.45, 7) is 4.02. The van der Waals surface area contributed by atoms with Crippen LogP contribution in [0, 0.1) is 6.92 Å². The third-order valence-electron chi connectivity index (χ3n) is 2.49. The topological polar surface area (TPSA) is 65.0 Å². The summed E-state index contributed by atoms with van der Waals surface area (Å²) in [5.41, 5.74) is 1.15. The number of hydrogen-bond acceptors (Lipinski definition) is 4. The number of rotatable bonds is 9. The second-order valence-corrected chi connectivity index (χ2v) is 4.11. The molecule has 0 atom stereocenters. The van der Waals surface area contributed by atoms with Gasteiger partial charge in [-0.2, -0.15) is 0 Å². The van der Waals surface area contributed by atoms with Crippen LogP contribution in [0.3, 0.4) is 0 Å². The van der Waals surface area contributed by atoms with Crippen molar-refractivity contribution in [2.75, 3.05) is 33.5 Å². The first-order valence-electron chi connectivity index (χ1n) is 6.18. The standard InChI is InChI=1S/C14H20O5/c1-11-4-5-12(14(15)16)13(10-11)19-7-3-6-18-9-8-17-2/h4-5,10H,3,6-9H2,1-2H3,(H,15,16). The molecule has 1 aromatic rings. The van der Waals surface area contributed by atoms with E-state index in [1.54, 1.807) is 25.3 Å². The van der Waals surface area contributed by atoms with Crippen LogP contribution in [0.4, 0.5) is 0 Å². The normalized spacial score (nSPS) is 10.4. The number of ether oxygens (including phenoxy) is 3. The molecule has 5 heteroatoms. The molecule has 0 radical (unpaired) electrons. The Morgan fingerprint density at radius 3 is 2.68 bits per heavy atom. The fourth-order valence-electron chi connectivity index (χ4n) is 1.51. The summed E-state index contributed by atoms with van der Waals surface area (Å²) >= 11 is 0. The van der Waals surface area contributed by atoms with Crippen molar-refractivity contribution >= 4 is 5.97 Å². The van der Waals surface area contributed by atoms with Gasteiger partial charge >= 0.3 is 5.97 Å². The van der Waals surface area contributed by atoms with Gasteiger partial charge in [-0.1, -0.05) is 6.07 Å².